The van der Waals surface area contributed by atoms with Gasteiger partial charge < -0.3 is 10.2 Å². The van der Waals surface area contributed by atoms with E-state index in [-0.39, 0.29) is 23.9 Å². The highest BCUT2D eigenvalue weighted by Gasteiger charge is 2.15. The number of carbonyl (C=O) groups excluding carboxylic acids is 1. The summed E-state index contributed by atoms with van der Waals surface area (Å²) >= 11 is 0. The molecule has 0 aliphatic heterocycles. The molecule has 0 unspecified atom stereocenters. The van der Waals surface area contributed by atoms with Crippen LogP contribution in [0.15, 0.2) is 59.5 Å². The Bertz CT molecular complexity index is 1360. The normalized spacial score (nSPS) is 10.9. The Balaban J connectivity index is 0.00000272. The fraction of sp³-hybridized carbons (Fsp3) is 0.217. The zero-order valence-corrected chi connectivity index (χ0v) is 17.9. The number of fused-ring (bicyclic) bond motifs is 3. The second-order valence-corrected chi connectivity index (χ2v) is 7.22. The molecule has 2 heterocycles. The summed E-state index contributed by atoms with van der Waals surface area (Å²) in [5, 5.41) is 14.0. The lowest BCUT2D eigenvalue weighted by molar-refractivity contribution is 0.0951. The maximum atomic E-state index is 13.1. The molecule has 4 aromatic rings. The van der Waals surface area contributed by atoms with Crippen molar-refractivity contribution in [3.8, 4) is 6.07 Å². The first-order valence-electron chi connectivity index (χ1n) is 9.76. The minimum Gasteiger partial charge on any atom is -0.351 e. The minimum atomic E-state index is -0.283. The number of rotatable bonds is 6. The van der Waals surface area contributed by atoms with E-state index in [1.54, 1.807) is 18.3 Å². The fourth-order valence-corrected chi connectivity index (χ4v) is 3.50. The summed E-state index contributed by atoms with van der Waals surface area (Å²) < 4.78 is 1.42. The van der Waals surface area contributed by atoms with Gasteiger partial charge in [0.05, 0.1) is 22.5 Å². The number of likely N-dealkylation sites (N-methyl/N-ethyl adjacent to an activating group) is 1. The molecule has 0 fully saturated rings. The number of benzene rings is 2. The van der Waals surface area contributed by atoms with Crippen molar-refractivity contribution < 1.29 is 4.79 Å². The summed E-state index contributed by atoms with van der Waals surface area (Å²) in [4.78, 5) is 32.5. The molecule has 0 saturated heterocycles. The van der Waals surface area contributed by atoms with E-state index in [0.29, 0.717) is 48.2 Å². The third kappa shape index (κ3) is 4.50. The Hall–Kier alpha value is -3.47. The van der Waals surface area contributed by atoms with E-state index in [2.05, 4.69) is 16.4 Å². The minimum absolute atomic E-state index is 0. The van der Waals surface area contributed by atoms with Crippen LogP contribution in [0.2, 0.25) is 0 Å². The summed E-state index contributed by atoms with van der Waals surface area (Å²) in [6.45, 7) is 1.71. The zero-order chi connectivity index (χ0) is 21.1. The quantitative estimate of drug-likeness (QED) is 0.470. The van der Waals surface area contributed by atoms with Crippen molar-refractivity contribution in [3.05, 3.63) is 70.6 Å². The van der Waals surface area contributed by atoms with Crippen LogP contribution in [0, 0.1) is 11.3 Å². The molecule has 1 amide bonds. The van der Waals surface area contributed by atoms with Crippen LogP contribution < -0.4 is 10.9 Å². The summed E-state index contributed by atoms with van der Waals surface area (Å²) in [5.74, 6) is -0.283. The SMILES string of the molecule is CN(CCC#N)CCNC(=O)c1cccn2c(=O)c3cc4ccccc4cc3nc12.Cl. The molecule has 0 bridgehead atoms. The van der Waals surface area contributed by atoms with Gasteiger partial charge in [0.1, 0.15) is 0 Å². The van der Waals surface area contributed by atoms with Crippen LogP contribution in [0.5, 0.6) is 0 Å². The first-order valence-corrected chi connectivity index (χ1v) is 9.76. The molecule has 8 heteroatoms. The molecule has 0 spiro atoms. The number of hydrogen-bond acceptors (Lipinski definition) is 5. The highest BCUT2D eigenvalue weighted by atomic mass is 35.5. The van der Waals surface area contributed by atoms with Gasteiger partial charge in [-0.25, -0.2) is 4.98 Å². The lowest BCUT2D eigenvalue weighted by Crippen LogP contribution is -2.34. The predicted molar refractivity (Wildman–Crippen MR) is 124 cm³/mol. The highest BCUT2D eigenvalue weighted by molar-refractivity contribution is 6.02. The van der Waals surface area contributed by atoms with E-state index in [1.807, 2.05) is 48.3 Å². The summed E-state index contributed by atoms with van der Waals surface area (Å²) in [6, 6.07) is 17.0. The molecule has 0 aliphatic rings. The van der Waals surface area contributed by atoms with Crippen LogP contribution in [0.4, 0.5) is 0 Å². The largest absolute Gasteiger partial charge is 0.351 e. The highest BCUT2D eigenvalue weighted by Crippen LogP contribution is 2.20. The molecule has 4 rings (SSSR count). The summed E-state index contributed by atoms with van der Waals surface area (Å²) in [6.07, 6.45) is 2.08. The fourth-order valence-electron chi connectivity index (χ4n) is 3.50. The van der Waals surface area contributed by atoms with Crippen LogP contribution in [0.3, 0.4) is 0 Å². The van der Waals surface area contributed by atoms with Crippen LogP contribution >= 0.6 is 12.4 Å². The molecule has 0 aliphatic carbocycles. The third-order valence-corrected chi connectivity index (χ3v) is 5.14. The van der Waals surface area contributed by atoms with Gasteiger partial charge in [-0.2, -0.15) is 5.26 Å². The van der Waals surface area contributed by atoms with Gasteiger partial charge in [0.15, 0.2) is 5.65 Å². The first kappa shape index (κ1) is 22.2. The van der Waals surface area contributed by atoms with Gasteiger partial charge in [0.2, 0.25) is 0 Å². The van der Waals surface area contributed by atoms with E-state index in [0.717, 1.165) is 10.8 Å². The van der Waals surface area contributed by atoms with E-state index >= 15 is 0 Å². The number of nitriles is 1. The third-order valence-electron chi connectivity index (χ3n) is 5.14. The second kappa shape index (κ2) is 9.56. The number of nitrogens with zero attached hydrogens (tertiary/aromatic N) is 4. The monoisotopic (exact) mass is 435 g/mol. The van der Waals surface area contributed by atoms with Crippen molar-refractivity contribution in [1.29, 1.82) is 5.26 Å². The van der Waals surface area contributed by atoms with Crippen molar-refractivity contribution in [3.63, 3.8) is 0 Å². The van der Waals surface area contributed by atoms with Crippen molar-refractivity contribution in [1.82, 2.24) is 19.6 Å². The standard InChI is InChI=1S/C23H21N5O2.ClH/c1-27(11-5-9-24)13-10-25-22(29)18-8-4-12-28-21(18)26-20-15-17-7-3-2-6-16(17)14-19(20)23(28)30;/h2-4,6-8,12,14-15H,5,10-11,13H2,1H3,(H,25,29);1H. The van der Waals surface area contributed by atoms with Crippen molar-refractivity contribution >= 4 is 45.6 Å². The first-order chi connectivity index (χ1) is 14.6. The van der Waals surface area contributed by atoms with Crippen molar-refractivity contribution in [2.45, 2.75) is 6.42 Å². The van der Waals surface area contributed by atoms with Gasteiger partial charge >= 0.3 is 0 Å². The van der Waals surface area contributed by atoms with E-state index in [4.69, 9.17) is 5.26 Å². The zero-order valence-electron chi connectivity index (χ0n) is 17.0. The molecule has 2 aromatic heterocycles. The topological polar surface area (TPSA) is 90.5 Å². The molecular weight excluding hydrogens is 414 g/mol. The van der Waals surface area contributed by atoms with E-state index in [1.165, 1.54) is 4.40 Å². The number of hydrogen-bond donors (Lipinski definition) is 1. The number of amides is 1. The Kier molecular flexibility index (Phi) is 6.85. The molecule has 7 nitrogen and oxygen atoms in total. The van der Waals surface area contributed by atoms with E-state index in [9.17, 15) is 9.59 Å². The predicted octanol–water partition coefficient (Wildman–Crippen LogP) is 3.00. The van der Waals surface area contributed by atoms with Gasteiger partial charge in [0, 0.05) is 32.3 Å². The summed E-state index contributed by atoms with van der Waals surface area (Å²) in [7, 11) is 1.90. The van der Waals surface area contributed by atoms with Crippen molar-refractivity contribution in [2.24, 2.45) is 0 Å². The average molecular weight is 436 g/mol. The van der Waals surface area contributed by atoms with Gasteiger partial charge in [-0.3, -0.25) is 14.0 Å². The maximum absolute atomic E-state index is 13.1. The van der Waals surface area contributed by atoms with E-state index < -0.39 is 0 Å². The molecule has 158 valence electrons. The number of carbonyl (C=O) groups is 1. The molecule has 1 N–H and O–H groups in total. The lowest BCUT2D eigenvalue weighted by Gasteiger charge is -2.15. The maximum Gasteiger partial charge on any atom is 0.265 e. The lowest BCUT2D eigenvalue weighted by atomic mass is 10.1. The van der Waals surface area contributed by atoms with Gasteiger partial charge in [-0.05, 0) is 42.1 Å². The second-order valence-electron chi connectivity index (χ2n) is 7.22. The van der Waals surface area contributed by atoms with Gasteiger partial charge in [-0.15, -0.1) is 12.4 Å². The van der Waals surface area contributed by atoms with Crippen LogP contribution in [0.25, 0.3) is 27.3 Å². The van der Waals surface area contributed by atoms with Gasteiger partial charge in [0.25, 0.3) is 11.5 Å². The van der Waals surface area contributed by atoms with Crippen LogP contribution in [-0.2, 0) is 0 Å². The Morgan fingerprint density at radius 1 is 1.16 bits per heavy atom. The molecule has 0 radical (unpaired) electrons. The molecular formula is C23H22ClN5O2. The Labute approximate surface area is 185 Å². The average Bonchev–Trinajstić information content (AvgIpc) is 2.76. The molecule has 0 saturated carbocycles. The molecule has 0 atom stereocenters. The molecule has 31 heavy (non-hydrogen) atoms. The Morgan fingerprint density at radius 2 is 1.90 bits per heavy atom. The van der Waals surface area contributed by atoms with Crippen LogP contribution in [0.1, 0.15) is 16.8 Å². The number of halogens is 1. The number of nitrogens with one attached hydrogen (secondary N) is 1. The van der Waals surface area contributed by atoms with Crippen molar-refractivity contribution in [2.75, 3.05) is 26.7 Å². The number of aromatic nitrogens is 2. The molecule has 2 aromatic carbocycles. The summed E-state index contributed by atoms with van der Waals surface area (Å²) in [5.41, 5.74) is 1.05. The Morgan fingerprint density at radius 3 is 2.65 bits per heavy atom. The van der Waals surface area contributed by atoms with Crippen LogP contribution in [-0.4, -0.2) is 46.9 Å². The van der Waals surface area contributed by atoms with Gasteiger partial charge in [-0.1, -0.05) is 24.3 Å². The smallest absolute Gasteiger partial charge is 0.265 e. The number of pyridine rings is 1.